The lowest BCUT2D eigenvalue weighted by molar-refractivity contribution is -0.199. The summed E-state index contributed by atoms with van der Waals surface area (Å²) in [4.78, 5) is 12.7. The van der Waals surface area contributed by atoms with Gasteiger partial charge in [-0.1, -0.05) is 26.0 Å². The van der Waals surface area contributed by atoms with E-state index < -0.39 is 6.10 Å². The minimum Gasteiger partial charge on any atom is -0.396 e. The van der Waals surface area contributed by atoms with Crippen molar-refractivity contribution in [3.05, 3.63) is 12.2 Å². The molecule has 5 fully saturated rings. The smallest absolute Gasteiger partial charge is 0.139 e. The van der Waals surface area contributed by atoms with Crippen molar-refractivity contribution in [2.24, 2.45) is 52.3 Å². The molecule has 3 N–H and O–H groups in total. The second kappa shape index (κ2) is 8.25. The van der Waals surface area contributed by atoms with Crippen LogP contribution in [0.25, 0.3) is 0 Å². The predicted molar refractivity (Wildman–Crippen MR) is 122 cm³/mol. The topological polar surface area (TPSA) is 69.6 Å². The summed E-state index contributed by atoms with van der Waals surface area (Å²) in [7, 11) is 0. The highest BCUT2D eigenvalue weighted by molar-refractivity contribution is 5.87. The predicted octanol–water partition coefficient (Wildman–Crippen LogP) is 3.96. The van der Waals surface area contributed by atoms with Crippen LogP contribution in [0, 0.1) is 52.3 Å². The zero-order valence-electron chi connectivity index (χ0n) is 19.6. The Balaban J connectivity index is 1.38. The van der Waals surface area contributed by atoms with Crippen molar-refractivity contribution in [3.8, 4) is 0 Å². The number of hydrogen-bond acceptors (Lipinski definition) is 4. The Morgan fingerprint density at radius 2 is 1.71 bits per heavy atom. The highest BCUT2D eigenvalue weighted by Gasteiger charge is 2.64. The number of fused-ring (bicyclic) bond motifs is 5. The van der Waals surface area contributed by atoms with Crippen molar-refractivity contribution >= 4 is 5.78 Å². The first-order valence-electron chi connectivity index (χ1n) is 13.1. The maximum atomic E-state index is 12.7. The number of piperidine rings is 1. The van der Waals surface area contributed by atoms with Gasteiger partial charge >= 0.3 is 0 Å². The molecular weight excluding hydrogens is 386 g/mol. The van der Waals surface area contributed by atoms with E-state index in [1.807, 2.05) is 0 Å². The van der Waals surface area contributed by atoms with Crippen LogP contribution >= 0.6 is 0 Å². The Morgan fingerprint density at radius 1 is 0.968 bits per heavy atom. The van der Waals surface area contributed by atoms with E-state index in [1.165, 1.54) is 25.7 Å². The Bertz CT molecular complexity index is 715. The lowest BCUT2D eigenvalue weighted by Crippen LogP contribution is -2.62. The molecule has 9 atom stereocenters. The van der Waals surface area contributed by atoms with Crippen LogP contribution in [0.15, 0.2) is 12.2 Å². The first kappa shape index (κ1) is 22.1. The van der Waals surface area contributed by atoms with Gasteiger partial charge in [-0.05, 0) is 105 Å². The molecule has 4 saturated carbocycles. The average molecular weight is 430 g/mol. The quantitative estimate of drug-likeness (QED) is 0.594. The molecule has 1 unspecified atom stereocenters. The van der Waals surface area contributed by atoms with Crippen LogP contribution in [0.4, 0.5) is 0 Å². The Hall–Kier alpha value is -0.710. The molecule has 0 bridgehead atoms. The largest absolute Gasteiger partial charge is 0.396 e. The number of aliphatic hydroxyl groups is 2. The number of aliphatic hydroxyl groups excluding tert-OH is 2. The third kappa shape index (κ3) is 3.47. The Labute approximate surface area is 188 Å². The molecule has 0 aromatic heterocycles. The maximum Gasteiger partial charge on any atom is 0.139 e. The number of rotatable bonds is 3. The van der Waals surface area contributed by atoms with Crippen molar-refractivity contribution in [1.29, 1.82) is 0 Å². The molecule has 1 aliphatic heterocycles. The SMILES string of the molecule is C[C@]12CC[C@@H](C=CC3CCNCC3)CC1[C@@H](CO)[C@@H](O)[C@@H]1[C@@H]2CC[C@]2(C)C(=O)CC[C@@H]12. The van der Waals surface area contributed by atoms with Gasteiger partial charge in [-0.3, -0.25) is 4.79 Å². The normalized spacial score (nSPS) is 50.8. The fourth-order valence-electron chi connectivity index (χ4n) is 9.02. The van der Waals surface area contributed by atoms with Crippen molar-refractivity contribution in [2.75, 3.05) is 19.7 Å². The van der Waals surface area contributed by atoms with Crippen LogP contribution in [0.3, 0.4) is 0 Å². The van der Waals surface area contributed by atoms with E-state index >= 15 is 0 Å². The summed E-state index contributed by atoms with van der Waals surface area (Å²) < 4.78 is 0. The van der Waals surface area contributed by atoms with E-state index in [4.69, 9.17) is 0 Å². The number of allylic oxidation sites excluding steroid dienone is 2. The van der Waals surface area contributed by atoms with Gasteiger partial charge in [0, 0.05) is 24.4 Å². The van der Waals surface area contributed by atoms with Crippen molar-refractivity contribution in [1.82, 2.24) is 5.32 Å². The molecule has 0 radical (unpaired) electrons. The number of hydrogen-bond donors (Lipinski definition) is 3. The third-order valence-electron chi connectivity index (χ3n) is 10.9. The number of carbonyl (C=O) groups is 1. The minimum absolute atomic E-state index is 0.0422. The monoisotopic (exact) mass is 429 g/mol. The fourth-order valence-corrected chi connectivity index (χ4v) is 9.02. The van der Waals surface area contributed by atoms with Crippen LogP contribution in [0.1, 0.15) is 71.6 Å². The van der Waals surface area contributed by atoms with Crippen LogP contribution < -0.4 is 5.32 Å². The molecule has 1 heterocycles. The Morgan fingerprint density at radius 3 is 2.45 bits per heavy atom. The Kier molecular flexibility index (Phi) is 5.88. The van der Waals surface area contributed by atoms with Gasteiger partial charge in [-0.25, -0.2) is 0 Å². The van der Waals surface area contributed by atoms with Crippen molar-refractivity contribution < 1.29 is 15.0 Å². The lowest BCUT2D eigenvalue weighted by Gasteiger charge is -2.63. The first-order chi connectivity index (χ1) is 14.9. The molecule has 1 saturated heterocycles. The van der Waals surface area contributed by atoms with E-state index in [9.17, 15) is 15.0 Å². The standard InChI is InChI=1S/C27H43NO3/c1-26-11-7-18(4-3-17-9-13-28-14-10-17)15-22(26)19(16-29)25(31)24-20-5-6-23(30)27(20,2)12-8-21(24)26/h3-4,17-22,24-25,28-29,31H,5-16H2,1-2H3/t18-,19-,20+,21+,22?,24+,25-,26-,27+/m1/s1. The summed E-state index contributed by atoms with van der Waals surface area (Å²) in [5, 5.41) is 25.5. The van der Waals surface area contributed by atoms with E-state index in [2.05, 4.69) is 31.3 Å². The second-order valence-electron chi connectivity index (χ2n) is 12.2. The highest BCUT2D eigenvalue weighted by Crippen LogP contribution is 2.67. The summed E-state index contributed by atoms with van der Waals surface area (Å²) in [5.41, 5.74) is -0.0521. The number of nitrogens with one attached hydrogen (secondary N) is 1. The van der Waals surface area contributed by atoms with Gasteiger partial charge in [-0.15, -0.1) is 0 Å². The molecule has 174 valence electrons. The molecule has 0 spiro atoms. The molecule has 0 aromatic rings. The van der Waals surface area contributed by atoms with Gasteiger partial charge in [0.1, 0.15) is 5.78 Å². The van der Waals surface area contributed by atoms with Gasteiger partial charge in [-0.2, -0.15) is 0 Å². The number of Topliss-reactive ketones (excluding diaryl/α,β-unsaturated/α-hetero) is 1. The van der Waals surface area contributed by atoms with Gasteiger partial charge in [0.15, 0.2) is 0 Å². The second-order valence-corrected chi connectivity index (χ2v) is 12.2. The summed E-state index contributed by atoms with van der Waals surface area (Å²) >= 11 is 0. The summed E-state index contributed by atoms with van der Waals surface area (Å²) in [6, 6.07) is 0. The van der Waals surface area contributed by atoms with Gasteiger partial charge in [0.2, 0.25) is 0 Å². The zero-order valence-corrected chi connectivity index (χ0v) is 19.6. The molecule has 0 aromatic carbocycles. The number of ketones is 1. The fraction of sp³-hybridized carbons (Fsp3) is 0.889. The first-order valence-corrected chi connectivity index (χ1v) is 13.1. The van der Waals surface area contributed by atoms with Crippen LogP contribution in [-0.4, -0.2) is 41.8 Å². The summed E-state index contributed by atoms with van der Waals surface area (Å²) in [5.74, 6) is 3.03. The number of carbonyl (C=O) groups excluding carboxylic acids is 1. The zero-order chi connectivity index (χ0) is 21.8. The minimum atomic E-state index is -0.462. The van der Waals surface area contributed by atoms with Gasteiger partial charge in [0.25, 0.3) is 0 Å². The molecule has 4 nitrogen and oxygen atoms in total. The van der Waals surface area contributed by atoms with Crippen LogP contribution in [0.2, 0.25) is 0 Å². The average Bonchev–Trinajstić information content (AvgIpc) is 3.08. The molecular formula is C27H43NO3. The molecule has 4 heteroatoms. The molecule has 4 aliphatic carbocycles. The lowest BCUT2D eigenvalue weighted by atomic mass is 9.42. The van der Waals surface area contributed by atoms with E-state index in [0.717, 1.165) is 38.8 Å². The van der Waals surface area contributed by atoms with Crippen LogP contribution in [0.5, 0.6) is 0 Å². The molecule has 31 heavy (non-hydrogen) atoms. The van der Waals surface area contributed by atoms with E-state index in [0.29, 0.717) is 41.8 Å². The molecule has 5 aliphatic rings. The molecule has 5 rings (SSSR count). The van der Waals surface area contributed by atoms with Gasteiger partial charge < -0.3 is 15.5 Å². The highest BCUT2D eigenvalue weighted by atomic mass is 16.3. The van der Waals surface area contributed by atoms with Crippen LogP contribution in [-0.2, 0) is 4.79 Å². The summed E-state index contributed by atoms with van der Waals surface area (Å²) in [6.45, 7) is 6.97. The van der Waals surface area contributed by atoms with Crippen molar-refractivity contribution in [2.45, 2.75) is 77.7 Å². The van der Waals surface area contributed by atoms with Gasteiger partial charge in [0.05, 0.1) is 6.10 Å². The summed E-state index contributed by atoms with van der Waals surface area (Å²) in [6.07, 6.45) is 14.2. The third-order valence-corrected chi connectivity index (χ3v) is 10.9. The van der Waals surface area contributed by atoms with E-state index in [-0.39, 0.29) is 29.3 Å². The molecule has 0 amide bonds. The van der Waals surface area contributed by atoms with Crippen molar-refractivity contribution in [3.63, 3.8) is 0 Å². The van der Waals surface area contributed by atoms with E-state index in [1.54, 1.807) is 0 Å². The maximum absolute atomic E-state index is 12.7.